The summed E-state index contributed by atoms with van der Waals surface area (Å²) in [6.45, 7) is 0. The van der Waals surface area contributed by atoms with Crippen LogP contribution in [0, 0.1) is 17.5 Å². The maximum Gasteiger partial charge on any atom is 0.339 e. The first-order valence-electron chi connectivity index (χ1n) is 5.95. The van der Waals surface area contributed by atoms with E-state index in [9.17, 15) is 18.0 Å². The van der Waals surface area contributed by atoms with Crippen molar-refractivity contribution in [3.8, 4) is 5.69 Å². The molecule has 0 aliphatic heterocycles. The Hall–Kier alpha value is -2.31. The van der Waals surface area contributed by atoms with Crippen LogP contribution in [-0.2, 0) is 0 Å². The molecule has 1 aliphatic carbocycles. The van der Waals surface area contributed by atoms with Crippen molar-refractivity contribution in [2.75, 3.05) is 0 Å². The minimum Gasteiger partial charge on any atom is -0.478 e. The zero-order valence-electron chi connectivity index (χ0n) is 10.1. The highest BCUT2D eigenvalue weighted by molar-refractivity contribution is 5.89. The summed E-state index contributed by atoms with van der Waals surface area (Å²) < 4.78 is 41.0. The molecule has 1 heterocycles. The third-order valence-electron chi connectivity index (χ3n) is 3.22. The Bertz CT molecular complexity index is 708. The molecule has 1 N–H and O–H groups in total. The molecule has 3 rings (SSSR count). The molecule has 1 aromatic heterocycles. The van der Waals surface area contributed by atoms with Crippen molar-refractivity contribution in [1.82, 2.24) is 9.78 Å². The number of carbonyl (C=O) groups is 1. The number of rotatable bonds is 3. The number of nitrogens with zero attached hydrogens (tertiary/aromatic N) is 2. The first-order chi connectivity index (χ1) is 9.49. The molecule has 4 nitrogen and oxygen atoms in total. The van der Waals surface area contributed by atoms with E-state index in [1.807, 2.05) is 0 Å². The van der Waals surface area contributed by atoms with Gasteiger partial charge in [0.15, 0.2) is 17.5 Å². The molecule has 1 aliphatic rings. The highest BCUT2D eigenvalue weighted by Gasteiger charge is 2.33. The summed E-state index contributed by atoms with van der Waals surface area (Å²) >= 11 is 0. The van der Waals surface area contributed by atoms with Crippen LogP contribution in [0.5, 0.6) is 0 Å². The number of carboxylic acids is 1. The third-order valence-corrected chi connectivity index (χ3v) is 3.22. The smallest absolute Gasteiger partial charge is 0.339 e. The topological polar surface area (TPSA) is 55.1 Å². The number of aromatic carboxylic acids is 1. The van der Waals surface area contributed by atoms with Crippen LogP contribution in [0.15, 0.2) is 18.3 Å². The van der Waals surface area contributed by atoms with E-state index >= 15 is 0 Å². The van der Waals surface area contributed by atoms with Crippen molar-refractivity contribution in [2.24, 2.45) is 0 Å². The number of aromatic nitrogens is 2. The zero-order valence-corrected chi connectivity index (χ0v) is 10.1. The lowest BCUT2D eigenvalue weighted by Crippen LogP contribution is -2.08. The van der Waals surface area contributed by atoms with Gasteiger partial charge < -0.3 is 5.11 Å². The molecule has 7 heteroatoms. The lowest BCUT2D eigenvalue weighted by Gasteiger charge is -2.09. The lowest BCUT2D eigenvalue weighted by atomic mass is 10.1. The standard InChI is InChI=1S/C13H9F3N2O2/c14-8-3-10(16)11(4-9(8)15)18-12(6-1-2-6)7(5-17-18)13(19)20/h3-6H,1-2H2,(H,19,20). The monoisotopic (exact) mass is 282 g/mol. The summed E-state index contributed by atoms with van der Waals surface area (Å²) in [6.07, 6.45) is 2.62. The van der Waals surface area contributed by atoms with Crippen LogP contribution in [0.2, 0.25) is 0 Å². The van der Waals surface area contributed by atoms with Crippen molar-refractivity contribution in [1.29, 1.82) is 0 Å². The van der Waals surface area contributed by atoms with E-state index in [2.05, 4.69) is 5.10 Å². The van der Waals surface area contributed by atoms with E-state index in [0.29, 0.717) is 17.8 Å². The van der Waals surface area contributed by atoms with Crippen molar-refractivity contribution in [3.63, 3.8) is 0 Å². The fraction of sp³-hybridized carbons (Fsp3) is 0.231. The Morgan fingerprint density at radius 1 is 1.20 bits per heavy atom. The average molecular weight is 282 g/mol. The fourth-order valence-electron chi connectivity index (χ4n) is 2.14. The van der Waals surface area contributed by atoms with E-state index in [0.717, 1.165) is 23.7 Å². The molecule has 0 spiro atoms. The van der Waals surface area contributed by atoms with Gasteiger partial charge in [-0.05, 0) is 12.8 Å². The van der Waals surface area contributed by atoms with Gasteiger partial charge in [-0.3, -0.25) is 0 Å². The van der Waals surface area contributed by atoms with Gasteiger partial charge in [0.1, 0.15) is 11.3 Å². The first-order valence-corrected chi connectivity index (χ1v) is 5.95. The van der Waals surface area contributed by atoms with E-state index in [-0.39, 0.29) is 17.2 Å². The van der Waals surface area contributed by atoms with Crippen LogP contribution in [0.1, 0.15) is 34.8 Å². The van der Waals surface area contributed by atoms with Gasteiger partial charge in [-0.1, -0.05) is 0 Å². The Labute approximate surface area is 111 Å². The van der Waals surface area contributed by atoms with Crippen molar-refractivity contribution in [3.05, 3.63) is 47.0 Å². The van der Waals surface area contributed by atoms with Crippen molar-refractivity contribution >= 4 is 5.97 Å². The van der Waals surface area contributed by atoms with E-state index in [4.69, 9.17) is 5.11 Å². The summed E-state index contributed by atoms with van der Waals surface area (Å²) in [5.74, 6) is -4.73. The van der Waals surface area contributed by atoms with Gasteiger partial charge in [-0.25, -0.2) is 22.6 Å². The van der Waals surface area contributed by atoms with Gasteiger partial charge in [-0.2, -0.15) is 5.10 Å². The predicted molar refractivity (Wildman–Crippen MR) is 62.4 cm³/mol. The molecule has 1 saturated carbocycles. The minimum atomic E-state index is -1.30. The minimum absolute atomic E-state index is 0.0448. The van der Waals surface area contributed by atoms with Gasteiger partial charge in [0, 0.05) is 18.1 Å². The van der Waals surface area contributed by atoms with E-state index in [1.165, 1.54) is 0 Å². The molecule has 1 fully saturated rings. The quantitative estimate of drug-likeness (QED) is 0.881. The molecule has 0 radical (unpaired) electrons. The highest BCUT2D eigenvalue weighted by Crippen LogP contribution is 2.42. The van der Waals surface area contributed by atoms with Crippen LogP contribution in [0.25, 0.3) is 5.69 Å². The third kappa shape index (κ3) is 1.95. The Balaban J connectivity index is 2.20. The number of halogens is 3. The molecule has 0 unspecified atom stereocenters. The predicted octanol–water partition coefficient (Wildman–Crippen LogP) is 2.87. The average Bonchev–Trinajstić information content (AvgIpc) is 3.12. The van der Waals surface area contributed by atoms with Crippen LogP contribution in [0.4, 0.5) is 13.2 Å². The number of hydrogen-bond acceptors (Lipinski definition) is 2. The molecule has 20 heavy (non-hydrogen) atoms. The van der Waals surface area contributed by atoms with Crippen LogP contribution < -0.4 is 0 Å². The summed E-state index contributed by atoms with van der Waals surface area (Å²) in [4.78, 5) is 11.1. The van der Waals surface area contributed by atoms with Crippen LogP contribution in [-0.4, -0.2) is 20.9 Å². The van der Waals surface area contributed by atoms with Crippen molar-refractivity contribution < 1.29 is 23.1 Å². The van der Waals surface area contributed by atoms with Gasteiger partial charge >= 0.3 is 5.97 Å². The highest BCUT2D eigenvalue weighted by atomic mass is 19.2. The molecule has 0 amide bonds. The van der Waals surface area contributed by atoms with Gasteiger partial charge in [0.05, 0.1) is 11.9 Å². The Morgan fingerprint density at radius 3 is 2.45 bits per heavy atom. The Kier molecular flexibility index (Phi) is 2.77. The largest absolute Gasteiger partial charge is 0.478 e. The number of benzene rings is 1. The van der Waals surface area contributed by atoms with Gasteiger partial charge in [-0.15, -0.1) is 0 Å². The van der Waals surface area contributed by atoms with Crippen molar-refractivity contribution in [2.45, 2.75) is 18.8 Å². The van der Waals surface area contributed by atoms with E-state index in [1.54, 1.807) is 0 Å². The molecule has 0 saturated heterocycles. The fourth-order valence-corrected chi connectivity index (χ4v) is 2.14. The molecular formula is C13H9F3N2O2. The van der Waals surface area contributed by atoms with Gasteiger partial charge in [0.2, 0.25) is 0 Å². The molecule has 2 aromatic rings. The molecule has 0 atom stereocenters. The molecule has 104 valence electrons. The zero-order chi connectivity index (χ0) is 14.4. The Morgan fingerprint density at radius 2 is 1.85 bits per heavy atom. The normalized spacial score (nSPS) is 14.6. The summed E-state index contributed by atoms with van der Waals surface area (Å²) in [5.41, 5.74) is -0.0164. The van der Waals surface area contributed by atoms with Gasteiger partial charge in [0.25, 0.3) is 0 Å². The number of hydrogen-bond donors (Lipinski definition) is 1. The van der Waals surface area contributed by atoms with Crippen LogP contribution in [0.3, 0.4) is 0 Å². The molecule has 0 bridgehead atoms. The maximum absolute atomic E-state index is 13.8. The maximum atomic E-state index is 13.8. The first kappa shape index (κ1) is 12.7. The SMILES string of the molecule is O=C(O)c1cnn(-c2cc(F)c(F)cc2F)c1C1CC1. The second-order valence-corrected chi connectivity index (χ2v) is 4.65. The summed E-state index contributed by atoms with van der Waals surface area (Å²) in [6, 6.07) is 1.10. The summed E-state index contributed by atoms with van der Waals surface area (Å²) in [5, 5.41) is 12.9. The lowest BCUT2D eigenvalue weighted by molar-refractivity contribution is 0.0695. The molecular weight excluding hydrogens is 273 g/mol. The molecule has 1 aromatic carbocycles. The number of carboxylic acid groups (broad SMARTS) is 1. The van der Waals surface area contributed by atoms with Crippen LogP contribution >= 0.6 is 0 Å². The second kappa shape index (κ2) is 4.36. The second-order valence-electron chi connectivity index (χ2n) is 4.65. The summed E-state index contributed by atoms with van der Waals surface area (Å²) in [7, 11) is 0. The van der Waals surface area contributed by atoms with E-state index < -0.39 is 23.4 Å².